The fourth-order valence-electron chi connectivity index (χ4n) is 1.71. The summed E-state index contributed by atoms with van der Waals surface area (Å²) in [6.45, 7) is 0. The summed E-state index contributed by atoms with van der Waals surface area (Å²) < 4.78 is 26.9. The lowest BCUT2D eigenvalue weighted by Gasteiger charge is -2.06. The predicted octanol–water partition coefficient (Wildman–Crippen LogP) is 4.70. The van der Waals surface area contributed by atoms with Crippen molar-refractivity contribution >= 4 is 29.0 Å². The van der Waals surface area contributed by atoms with E-state index in [1.165, 1.54) is 6.07 Å². The van der Waals surface area contributed by atoms with Crippen LogP contribution in [0.15, 0.2) is 36.4 Å². The molecule has 0 saturated carbocycles. The molecule has 2 aromatic carbocycles. The molecule has 0 atom stereocenters. The molecule has 0 aromatic heterocycles. The second-order valence-corrected chi connectivity index (χ2v) is 4.69. The number of rotatable bonds is 3. The first-order valence-corrected chi connectivity index (χ1v) is 6.16. The molecular formula is C14H8Cl2F2O. The van der Waals surface area contributed by atoms with Gasteiger partial charge in [0.25, 0.3) is 0 Å². The quantitative estimate of drug-likeness (QED) is 0.751. The third-order valence-corrected chi connectivity index (χ3v) is 3.48. The van der Waals surface area contributed by atoms with Crippen LogP contribution in [0.25, 0.3) is 0 Å². The Kier molecular flexibility index (Phi) is 4.17. The molecule has 2 aromatic rings. The van der Waals surface area contributed by atoms with Crippen molar-refractivity contribution in [3.05, 3.63) is 69.2 Å². The fraction of sp³-hybridized carbons (Fsp3) is 0.0714. The molecule has 0 radical (unpaired) electrons. The normalized spacial score (nSPS) is 10.5. The van der Waals surface area contributed by atoms with E-state index in [1.54, 1.807) is 18.2 Å². The lowest BCUT2D eigenvalue weighted by molar-refractivity contribution is 0.0985. The molecule has 0 aliphatic carbocycles. The summed E-state index contributed by atoms with van der Waals surface area (Å²) in [6, 6.07) is 8.06. The molecule has 0 N–H and O–H groups in total. The number of benzene rings is 2. The molecule has 0 heterocycles. The standard InChI is InChI=1S/C14H8Cl2F2O/c15-9-4-1-3-8(14(9)16)7-12(19)13-10(17)5-2-6-11(13)18/h1-6H,7H2. The van der Waals surface area contributed by atoms with Crippen LogP contribution in [0.5, 0.6) is 0 Å². The van der Waals surface area contributed by atoms with Crippen molar-refractivity contribution in [2.24, 2.45) is 0 Å². The molecule has 0 aliphatic heterocycles. The number of halogens is 4. The Hall–Kier alpha value is -1.45. The van der Waals surface area contributed by atoms with Crippen LogP contribution in [0.1, 0.15) is 15.9 Å². The van der Waals surface area contributed by atoms with Crippen molar-refractivity contribution in [2.75, 3.05) is 0 Å². The lowest BCUT2D eigenvalue weighted by Crippen LogP contribution is -2.09. The van der Waals surface area contributed by atoms with Crippen LogP contribution in [0.2, 0.25) is 10.0 Å². The maximum atomic E-state index is 13.5. The van der Waals surface area contributed by atoms with E-state index < -0.39 is 23.0 Å². The molecule has 0 saturated heterocycles. The van der Waals surface area contributed by atoms with Crippen LogP contribution >= 0.6 is 23.2 Å². The van der Waals surface area contributed by atoms with Crippen molar-refractivity contribution in [1.29, 1.82) is 0 Å². The monoisotopic (exact) mass is 300 g/mol. The van der Waals surface area contributed by atoms with Gasteiger partial charge >= 0.3 is 0 Å². The summed E-state index contributed by atoms with van der Waals surface area (Å²) in [6.07, 6.45) is -0.211. The van der Waals surface area contributed by atoms with Crippen LogP contribution in [-0.2, 0) is 6.42 Å². The molecule has 0 fully saturated rings. The zero-order chi connectivity index (χ0) is 14.0. The Labute approximate surface area is 118 Å². The number of hydrogen-bond donors (Lipinski definition) is 0. The van der Waals surface area contributed by atoms with E-state index in [0.29, 0.717) is 10.6 Å². The Bertz CT molecular complexity index is 621. The SMILES string of the molecule is O=C(Cc1cccc(Cl)c1Cl)c1c(F)cccc1F. The van der Waals surface area contributed by atoms with E-state index in [0.717, 1.165) is 12.1 Å². The van der Waals surface area contributed by atoms with Crippen LogP contribution in [0.3, 0.4) is 0 Å². The van der Waals surface area contributed by atoms with Gasteiger partial charge in [0, 0.05) is 6.42 Å². The average Bonchev–Trinajstić information content (AvgIpc) is 2.35. The molecule has 0 spiro atoms. The van der Waals surface area contributed by atoms with Gasteiger partial charge in [0.15, 0.2) is 5.78 Å². The van der Waals surface area contributed by atoms with Gasteiger partial charge in [-0.25, -0.2) is 8.78 Å². The summed E-state index contributed by atoms with van der Waals surface area (Å²) in [5.41, 5.74) is -0.125. The van der Waals surface area contributed by atoms with Crippen molar-refractivity contribution in [1.82, 2.24) is 0 Å². The van der Waals surface area contributed by atoms with Crippen LogP contribution < -0.4 is 0 Å². The third-order valence-electron chi connectivity index (χ3n) is 2.62. The van der Waals surface area contributed by atoms with E-state index in [2.05, 4.69) is 0 Å². The maximum absolute atomic E-state index is 13.5. The number of ketones is 1. The van der Waals surface area contributed by atoms with Gasteiger partial charge < -0.3 is 0 Å². The van der Waals surface area contributed by atoms with Gasteiger partial charge in [-0.2, -0.15) is 0 Å². The molecule has 1 nitrogen and oxygen atoms in total. The van der Waals surface area contributed by atoms with Gasteiger partial charge in [0.2, 0.25) is 0 Å². The smallest absolute Gasteiger partial charge is 0.173 e. The Morgan fingerprint density at radius 2 is 1.58 bits per heavy atom. The second-order valence-electron chi connectivity index (χ2n) is 3.91. The first-order chi connectivity index (χ1) is 9.00. The van der Waals surface area contributed by atoms with E-state index in [-0.39, 0.29) is 11.4 Å². The number of carbonyl (C=O) groups is 1. The fourth-order valence-corrected chi connectivity index (χ4v) is 2.10. The van der Waals surface area contributed by atoms with Crippen molar-refractivity contribution in [2.45, 2.75) is 6.42 Å². The molecule has 0 unspecified atom stereocenters. The molecule has 98 valence electrons. The zero-order valence-corrected chi connectivity index (χ0v) is 11.1. The summed E-state index contributed by atoms with van der Waals surface area (Å²) in [5.74, 6) is -2.45. The van der Waals surface area contributed by atoms with Gasteiger partial charge in [-0.1, -0.05) is 41.4 Å². The molecular weight excluding hydrogens is 293 g/mol. The molecule has 0 bridgehead atoms. The third kappa shape index (κ3) is 2.94. The molecule has 5 heteroatoms. The van der Waals surface area contributed by atoms with E-state index >= 15 is 0 Å². The Morgan fingerprint density at radius 3 is 2.21 bits per heavy atom. The summed E-state index contributed by atoms with van der Waals surface area (Å²) in [4.78, 5) is 11.9. The van der Waals surface area contributed by atoms with Gasteiger partial charge in [0.1, 0.15) is 11.6 Å². The molecule has 0 amide bonds. The minimum atomic E-state index is -0.886. The highest BCUT2D eigenvalue weighted by atomic mass is 35.5. The maximum Gasteiger partial charge on any atom is 0.173 e. The highest BCUT2D eigenvalue weighted by molar-refractivity contribution is 6.42. The highest BCUT2D eigenvalue weighted by Crippen LogP contribution is 2.27. The molecule has 0 aliphatic rings. The number of hydrogen-bond acceptors (Lipinski definition) is 1. The van der Waals surface area contributed by atoms with Gasteiger partial charge in [-0.15, -0.1) is 0 Å². The first-order valence-electron chi connectivity index (χ1n) is 5.41. The van der Waals surface area contributed by atoms with Gasteiger partial charge in [-0.05, 0) is 23.8 Å². The van der Waals surface area contributed by atoms with Crippen molar-refractivity contribution in [3.63, 3.8) is 0 Å². The van der Waals surface area contributed by atoms with Gasteiger partial charge in [0.05, 0.1) is 15.6 Å². The van der Waals surface area contributed by atoms with Gasteiger partial charge in [-0.3, -0.25) is 4.79 Å². The van der Waals surface area contributed by atoms with E-state index in [4.69, 9.17) is 23.2 Å². The number of Topliss-reactive ketones (excluding diaryl/α,β-unsaturated/α-hetero) is 1. The summed E-state index contributed by atoms with van der Waals surface area (Å²) >= 11 is 11.7. The Balaban J connectivity index is 2.34. The minimum absolute atomic E-state index is 0.211. The summed E-state index contributed by atoms with van der Waals surface area (Å²) in [7, 11) is 0. The summed E-state index contributed by atoms with van der Waals surface area (Å²) in [5, 5.41) is 0.509. The van der Waals surface area contributed by atoms with Crippen molar-refractivity contribution in [3.8, 4) is 0 Å². The zero-order valence-electron chi connectivity index (χ0n) is 9.59. The van der Waals surface area contributed by atoms with E-state index in [9.17, 15) is 13.6 Å². The van der Waals surface area contributed by atoms with Crippen molar-refractivity contribution < 1.29 is 13.6 Å². The van der Waals surface area contributed by atoms with Crippen LogP contribution in [0, 0.1) is 11.6 Å². The predicted molar refractivity (Wildman–Crippen MR) is 70.9 cm³/mol. The van der Waals surface area contributed by atoms with Crippen LogP contribution in [-0.4, -0.2) is 5.78 Å². The minimum Gasteiger partial charge on any atom is -0.294 e. The highest BCUT2D eigenvalue weighted by Gasteiger charge is 2.18. The molecule has 19 heavy (non-hydrogen) atoms. The Morgan fingerprint density at radius 1 is 1.00 bits per heavy atom. The largest absolute Gasteiger partial charge is 0.294 e. The number of carbonyl (C=O) groups excluding carboxylic acids is 1. The van der Waals surface area contributed by atoms with Crippen LogP contribution in [0.4, 0.5) is 8.78 Å². The van der Waals surface area contributed by atoms with E-state index in [1.807, 2.05) is 0 Å². The molecule has 2 rings (SSSR count). The lowest BCUT2D eigenvalue weighted by atomic mass is 10.0. The topological polar surface area (TPSA) is 17.1 Å². The average molecular weight is 301 g/mol. The first kappa shape index (κ1) is 14.0. The second kappa shape index (κ2) is 5.68.